The fourth-order valence-electron chi connectivity index (χ4n) is 0.710. The average Bonchev–Trinajstić information content (AvgIpc) is 1.96. The summed E-state index contributed by atoms with van der Waals surface area (Å²) in [5, 5.41) is 9.26. The molecule has 1 rings (SSSR count). The lowest BCUT2D eigenvalue weighted by Gasteiger charge is -2.14. The molecule has 0 aliphatic carbocycles. The number of aliphatic hydroxyl groups is 1. The van der Waals surface area contributed by atoms with Gasteiger partial charge in [0.05, 0.1) is 6.61 Å². The summed E-state index contributed by atoms with van der Waals surface area (Å²) in [6, 6.07) is 0. The Morgan fingerprint density at radius 2 is 2.44 bits per heavy atom. The van der Waals surface area contributed by atoms with E-state index in [-0.39, 0.29) is 5.92 Å². The number of carbonyl (C=O) groups is 1. The number of ether oxygens (including phenoxy) is 1. The minimum absolute atomic E-state index is 0.0787. The van der Waals surface area contributed by atoms with Crippen LogP contribution in [-0.4, -0.2) is 23.3 Å². The molecule has 1 aliphatic rings. The minimum Gasteiger partial charge on any atom is -0.463 e. The normalized spacial score (nSPS) is 43.0. The third kappa shape index (κ3) is 0.812. The van der Waals surface area contributed by atoms with Gasteiger partial charge in [0.2, 0.25) is 0 Å². The Morgan fingerprint density at radius 1 is 1.89 bits per heavy atom. The van der Waals surface area contributed by atoms with E-state index in [4.69, 9.17) is 0 Å². The van der Waals surface area contributed by atoms with Gasteiger partial charge in [-0.25, -0.2) is 4.79 Å². The van der Waals surface area contributed by atoms with Crippen LogP contribution in [0.2, 0.25) is 0 Å². The van der Waals surface area contributed by atoms with Gasteiger partial charge in [0.15, 0.2) is 5.60 Å². The van der Waals surface area contributed by atoms with Crippen LogP contribution in [0, 0.1) is 5.92 Å². The zero-order valence-corrected chi connectivity index (χ0v) is 5.55. The van der Waals surface area contributed by atoms with Crippen LogP contribution in [0.1, 0.15) is 13.8 Å². The third-order valence-electron chi connectivity index (χ3n) is 1.84. The summed E-state index contributed by atoms with van der Waals surface area (Å²) in [6.45, 7) is 3.60. The molecule has 0 unspecified atom stereocenters. The molecule has 1 fully saturated rings. The second-order valence-corrected chi connectivity index (χ2v) is 2.65. The Bertz CT molecular complexity index is 139. The summed E-state index contributed by atoms with van der Waals surface area (Å²) < 4.78 is 4.59. The van der Waals surface area contributed by atoms with Gasteiger partial charge >= 0.3 is 5.97 Å². The molecule has 0 spiro atoms. The van der Waals surface area contributed by atoms with E-state index in [1.807, 2.05) is 0 Å². The molecular weight excluding hydrogens is 120 g/mol. The first-order valence-corrected chi connectivity index (χ1v) is 2.94. The lowest BCUT2D eigenvalue weighted by molar-refractivity contribution is -0.152. The topological polar surface area (TPSA) is 46.5 Å². The lowest BCUT2D eigenvalue weighted by atomic mass is 9.95. The van der Waals surface area contributed by atoms with Gasteiger partial charge in [0, 0.05) is 5.92 Å². The van der Waals surface area contributed by atoms with Gasteiger partial charge in [-0.1, -0.05) is 6.92 Å². The Kier molecular flexibility index (Phi) is 1.24. The zero-order chi connectivity index (χ0) is 7.07. The number of hydrogen-bond donors (Lipinski definition) is 1. The second-order valence-electron chi connectivity index (χ2n) is 2.65. The summed E-state index contributed by atoms with van der Waals surface area (Å²) in [5.41, 5.74) is -1.25. The molecular formula is C6H10O3. The molecule has 0 bridgehead atoms. The highest BCUT2D eigenvalue weighted by molar-refractivity contribution is 5.80. The largest absolute Gasteiger partial charge is 0.463 e. The Labute approximate surface area is 53.6 Å². The summed E-state index contributed by atoms with van der Waals surface area (Å²) in [4.78, 5) is 10.6. The molecule has 0 amide bonds. The number of rotatable bonds is 0. The summed E-state index contributed by atoms with van der Waals surface area (Å²) in [5.74, 6) is -0.583. The van der Waals surface area contributed by atoms with E-state index in [0.717, 1.165) is 0 Å². The van der Waals surface area contributed by atoms with E-state index >= 15 is 0 Å². The standard InChI is InChI=1S/C6H10O3/c1-4-3-9-5(7)6(4,2)8/h4,8H,3H2,1-2H3/t4-,6+/m0/s1. The van der Waals surface area contributed by atoms with E-state index in [1.54, 1.807) is 6.92 Å². The predicted molar refractivity (Wildman–Crippen MR) is 30.7 cm³/mol. The third-order valence-corrected chi connectivity index (χ3v) is 1.84. The molecule has 1 aliphatic heterocycles. The highest BCUT2D eigenvalue weighted by Gasteiger charge is 2.44. The maximum Gasteiger partial charge on any atom is 0.338 e. The van der Waals surface area contributed by atoms with Gasteiger partial charge in [-0.15, -0.1) is 0 Å². The number of carbonyl (C=O) groups excluding carboxylic acids is 1. The first-order chi connectivity index (χ1) is 4.05. The van der Waals surface area contributed by atoms with Crippen molar-refractivity contribution < 1.29 is 14.6 Å². The van der Waals surface area contributed by atoms with Crippen molar-refractivity contribution in [1.29, 1.82) is 0 Å². The van der Waals surface area contributed by atoms with Gasteiger partial charge in [-0.3, -0.25) is 0 Å². The summed E-state index contributed by atoms with van der Waals surface area (Å²) in [7, 11) is 0. The van der Waals surface area contributed by atoms with Crippen LogP contribution in [0.4, 0.5) is 0 Å². The van der Waals surface area contributed by atoms with Crippen molar-refractivity contribution in [2.24, 2.45) is 5.92 Å². The molecule has 1 N–H and O–H groups in total. The van der Waals surface area contributed by atoms with Crippen molar-refractivity contribution in [2.45, 2.75) is 19.4 Å². The average molecular weight is 130 g/mol. The predicted octanol–water partition coefficient (Wildman–Crippen LogP) is -0.0697. The van der Waals surface area contributed by atoms with Crippen molar-refractivity contribution in [2.75, 3.05) is 6.61 Å². The van der Waals surface area contributed by atoms with Gasteiger partial charge in [0.25, 0.3) is 0 Å². The lowest BCUT2D eigenvalue weighted by Crippen LogP contribution is -2.35. The van der Waals surface area contributed by atoms with Crippen LogP contribution in [0.25, 0.3) is 0 Å². The number of cyclic esters (lactones) is 1. The first-order valence-electron chi connectivity index (χ1n) is 2.94. The van der Waals surface area contributed by atoms with E-state index in [9.17, 15) is 9.90 Å². The highest BCUT2D eigenvalue weighted by atomic mass is 16.6. The molecule has 2 atom stereocenters. The molecule has 9 heavy (non-hydrogen) atoms. The molecule has 3 nitrogen and oxygen atoms in total. The molecule has 52 valence electrons. The fraction of sp³-hybridized carbons (Fsp3) is 0.833. The molecule has 0 aromatic rings. The van der Waals surface area contributed by atoms with Crippen LogP contribution >= 0.6 is 0 Å². The molecule has 0 aromatic heterocycles. The smallest absolute Gasteiger partial charge is 0.338 e. The fourth-order valence-corrected chi connectivity index (χ4v) is 0.710. The Balaban J connectivity index is 2.78. The summed E-state index contributed by atoms with van der Waals surface area (Å²) >= 11 is 0. The van der Waals surface area contributed by atoms with Crippen molar-refractivity contribution in [1.82, 2.24) is 0 Å². The number of hydrogen-bond acceptors (Lipinski definition) is 3. The van der Waals surface area contributed by atoms with Gasteiger partial charge < -0.3 is 9.84 Å². The Morgan fingerprint density at radius 3 is 2.56 bits per heavy atom. The SMILES string of the molecule is C[C@H]1COC(=O)[C@]1(C)O. The maximum absolute atomic E-state index is 10.6. The van der Waals surface area contributed by atoms with Crippen molar-refractivity contribution in [3.63, 3.8) is 0 Å². The van der Waals surface area contributed by atoms with Crippen LogP contribution in [0.5, 0.6) is 0 Å². The van der Waals surface area contributed by atoms with E-state index in [0.29, 0.717) is 6.61 Å². The van der Waals surface area contributed by atoms with Crippen LogP contribution < -0.4 is 0 Å². The van der Waals surface area contributed by atoms with Gasteiger partial charge in [0.1, 0.15) is 0 Å². The molecule has 3 heteroatoms. The minimum atomic E-state index is -1.25. The highest BCUT2D eigenvalue weighted by Crippen LogP contribution is 2.24. The van der Waals surface area contributed by atoms with E-state index < -0.39 is 11.6 Å². The van der Waals surface area contributed by atoms with Crippen molar-refractivity contribution >= 4 is 5.97 Å². The first kappa shape index (κ1) is 6.55. The second kappa shape index (κ2) is 1.70. The molecule has 1 saturated heterocycles. The van der Waals surface area contributed by atoms with Gasteiger partial charge in [-0.05, 0) is 6.92 Å². The van der Waals surface area contributed by atoms with Gasteiger partial charge in [-0.2, -0.15) is 0 Å². The quantitative estimate of drug-likeness (QED) is 0.467. The zero-order valence-electron chi connectivity index (χ0n) is 5.55. The van der Waals surface area contributed by atoms with Crippen LogP contribution in [0.15, 0.2) is 0 Å². The summed E-state index contributed by atoms with van der Waals surface area (Å²) in [6.07, 6.45) is 0. The molecule has 1 heterocycles. The molecule has 0 aromatic carbocycles. The maximum atomic E-state index is 10.6. The van der Waals surface area contributed by atoms with Crippen molar-refractivity contribution in [3.05, 3.63) is 0 Å². The van der Waals surface area contributed by atoms with E-state index in [1.165, 1.54) is 6.92 Å². The Hall–Kier alpha value is -0.570. The molecule has 0 radical (unpaired) electrons. The van der Waals surface area contributed by atoms with Crippen molar-refractivity contribution in [3.8, 4) is 0 Å². The van der Waals surface area contributed by atoms with Crippen LogP contribution in [-0.2, 0) is 9.53 Å². The van der Waals surface area contributed by atoms with Crippen LogP contribution in [0.3, 0.4) is 0 Å². The molecule has 0 saturated carbocycles. The monoisotopic (exact) mass is 130 g/mol. The number of esters is 1. The van der Waals surface area contributed by atoms with E-state index in [2.05, 4.69) is 4.74 Å².